The van der Waals surface area contributed by atoms with Crippen LogP contribution in [0.1, 0.15) is 65.1 Å². The molecule has 0 saturated heterocycles. The molecule has 204 valence electrons. The molecule has 2 aromatic rings. The van der Waals surface area contributed by atoms with Gasteiger partial charge < -0.3 is 19.5 Å². The molecule has 0 spiro atoms. The molecular formula is C27H37BrN2O6S. The summed E-state index contributed by atoms with van der Waals surface area (Å²) in [4.78, 5) is 40.4. The number of thiophene rings is 1. The first-order valence-corrected chi connectivity index (χ1v) is 13.6. The normalized spacial score (nSPS) is 11.8. The van der Waals surface area contributed by atoms with E-state index in [1.807, 2.05) is 38.1 Å². The number of nitrogens with one attached hydrogen (secondary N) is 1. The van der Waals surface area contributed by atoms with Crippen molar-refractivity contribution in [3.8, 4) is 16.2 Å². The first kappa shape index (κ1) is 30.6. The Bertz CT molecular complexity index is 1130. The minimum absolute atomic E-state index is 0.0168. The van der Waals surface area contributed by atoms with Crippen molar-refractivity contribution in [1.82, 2.24) is 5.32 Å². The molecule has 2 amide bonds. The minimum Gasteiger partial charge on any atom is -0.479 e. The number of hydrogen-bond donors (Lipinski definition) is 1. The molecule has 0 aliphatic heterocycles. The monoisotopic (exact) mass is 596 g/mol. The topological polar surface area (TPSA) is 94.2 Å². The zero-order valence-corrected chi connectivity index (χ0v) is 25.4. The number of nitrogens with zero attached hydrogens (tertiary/aromatic N) is 1. The first-order chi connectivity index (χ1) is 17.0. The van der Waals surface area contributed by atoms with Gasteiger partial charge in [0.1, 0.15) is 5.60 Å². The molecule has 0 unspecified atom stereocenters. The van der Waals surface area contributed by atoms with Crippen molar-refractivity contribution in [3.05, 3.63) is 33.6 Å². The lowest BCUT2D eigenvalue weighted by Gasteiger charge is -2.31. The molecule has 0 atom stereocenters. The van der Waals surface area contributed by atoms with Crippen LogP contribution in [0.2, 0.25) is 0 Å². The van der Waals surface area contributed by atoms with Crippen LogP contribution in [-0.4, -0.2) is 49.9 Å². The van der Waals surface area contributed by atoms with Crippen LogP contribution in [0, 0.1) is 5.41 Å². The number of hydrogen-bond acceptors (Lipinski definition) is 7. The van der Waals surface area contributed by atoms with Crippen molar-refractivity contribution in [2.24, 2.45) is 5.41 Å². The van der Waals surface area contributed by atoms with Crippen LogP contribution in [0.5, 0.6) is 5.75 Å². The van der Waals surface area contributed by atoms with E-state index in [9.17, 15) is 14.4 Å². The molecule has 0 aliphatic carbocycles. The molecule has 0 fully saturated rings. The SMILES string of the molecule is COC(=O)c1sc(-c2cccc(N(CC(C)(C)C)C(=O)NC(C)C)c2)c(Br)c1OCC(=O)OC(C)(C)C. The first-order valence-electron chi connectivity index (χ1n) is 12.0. The number of carbonyl (C=O) groups excluding carboxylic acids is 3. The smallest absolute Gasteiger partial charge is 0.351 e. The fourth-order valence-electron chi connectivity index (χ4n) is 3.33. The standard InChI is InChI=1S/C27H37BrN2O6S/c1-16(2)29-25(33)30(15-26(3,4)5)18-12-10-11-17(13-18)22-20(28)21(23(37-22)24(32)34-9)35-14-19(31)36-27(6,7)8/h10-13,16H,14-15H2,1-9H3,(H,29,33). The summed E-state index contributed by atoms with van der Waals surface area (Å²) in [7, 11) is 1.28. The summed E-state index contributed by atoms with van der Waals surface area (Å²) in [6.45, 7) is 15.5. The largest absolute Gasteiger partial charge is 0.479 e. The molecule has 2 rings (SSSR count). The molecule has 1 aromatic carbocycles. The summed E-state index contributed by atoms with van der Waals surface area (Å²) in [6, 6.07) is 7.29. The summed E-state index contributed by atoms with van der Waals surface area (Å²) in [5, 5.41) is 2.97. The van der Waals surface area contributed by atoms with Crippen LogP contribution in [0.4, 0.5) is 10.5 Å². The summed E-state index contributed by atoms with van der Waals surface area (Å²) < 4.78 is 16.5. The number of benzene rings is 1. The van der Waals surface area contributed by atoms with E-state index < -0.39 is 17.5 Å². The van der Waals surface area contributed by atoms with Gasteiger partial charge in [0.2, 0.25) is 0 Å². The van der Waals surface area contributed by atoms with Crippen molar-refractivity contribution >= 4 is 50.9 Å². The van der Waals surface area contributed by atoms with E-state index in [0.717, 1.165) is 5.56 Å². The molecular weight excluding hydrogens is 560 g/mol. The van der Waals surface area contributed by atoms with Gasteiger partial charge in [-0.2, -0.15) is 0 Å². The van der Waals surface area contributed by atoms with Gasteiger partial charge >= 0.3 is 18.0 Å². The predicted molar refractivity (Wildman–Crippen MR) is 151 cm³/mol. The second-order valence-electron chi connectivity index (χ2n) is 11.1. The summed E-state index contributed by atoms with van der Waals surface area (Å²) in [6.07, 6.45) is 0. The highest BCUT2D eigenvalue weighted by atomic mass is 79.9. The Morgan fingerprint density at radius 3 is 2.30 bits per heavy atom. The fraction of sp³-hybridized carbons (Fsp3) is 0.519. The van der Waals surface area contributed by atoms with Gasteiger partial charge in [0.25, 0.3) is 0 Å². The molecule has 1 N–H and O–H groups in total. The van der Waals surface area contributed by atoms with E-state index in [0.29, 0.717) is 21.6 Å². The summed E-state index contributed by atoms with van der Waals surface area (Å²) in [5.41, 5.74) is 0.669. The van der Waals surface area contributed by atoms with E-state index in [1.165, 1.54) is 18.4 Å². The Kier molecular flexibility index (Phi) is 10.2. The third kappa shape index (κ3) is 9.03. The highest BCUT2D eigenvalue weighted by Crippen LogP contribution is 2.46. The number of carbonyl (C=O) groups is 3. The highest BCUT2D eigenvalue weighted by molar-refractivity contribution is 9.10. The van der Waals surface area contributed by atoms with E-state index in [4.69, 9.17) is 14.2 Å². The maximum absolute atomic E-state index is 13.1. The van der Waals surface area contributed by atoms with Crippen LogP contribution in [-0.2, 0) is 14.3 Å². The number of anilines is 1. The van der Waals surface area contributed by atoms with Crippen LogP contribution in [0.15, 0.2) is 28.7 Å². The molecule has 0 bridgehead atoms. The van der Waals surface area contributed by atoms with Gasteiger partial charge in [-0.1, -0.05) is 32.9 Å². The quantitative estimate of drug-likeness (QED) is 0.343. The molecule has 0 radical (unpaired) electrons. The third-order valence-electron chi connectivity index (χ3n) is 4.64. The number of ether oxygens (including phenoxy) is 3. The van der Waals surface area contributed by atoms with Gasteiger partial charge in [-0.25, -0.2) is 14.4 Å². The molecule has 8 nitrogen and oxygen atoms in total. The maximum Gasteiger partial charge on any atom is 0.351 e. The second-order valence-corrected chi connectivity index (χ2v) is 12.9. The fourth-order valence-corrected chi connectivity index (χ4v) is 5.30. The Hall–Kier alpha value is -2.59. The number of halogens is 1. The molecule has 37 heavy (non-hydrogen) atoms. The number of esters is 2. The van der Waals surface area contributed by atoms with Crippen LogP contribution < -0.4 is 15.0 Å². The van der Waals surface area contributed by atoms with Crippen molar-refractivity contribution in [2.45, 2.75) is 67.0 Å². The highest BCUT2D eigenvalue weighted by Gasteiger charge is 2.28. The van der Waals surface area contributed by atoms with Crippen LogP contribution in [0.25, 0.3) is 10.4 Å². The van der Waals surface area contributed by atoms with Gasteiger partial charge in [-0.15, -0.1) is 11.3 Å². The summed E-state index contributed by atoms with van der Waals surface area (Å²) >= 11 is 4.72. The van der Waals surface area contributed by atoms with E-state index >= 15 is 0 Å². The Morgan fingerprint density at radius 2 is 1.76 bits per heavy atom. The van der Waals surface area contributed by atoms with Crippen molar-refractivity contribution in [1.29, 1.82) is 0 Å². The maximum atomic E-state index is 13.1. The molecule has 0 aliphatic rings. The molecule has 1 aromatic heterocycles. The van der Waals surface area contributed by atoms with Crippen LogP contribution >= 0.6 is 27.3 Å². The van der Waals surface area contributed by atoms with Crippen molar-refractivity contribution in [3.63, 3.8) is 0 Å². The lowest BCUT2D eigenvalue weighted by molar-refractivity contribution is -0.157. The molecule has 10 heteroatoms. The van der Waals surface area contributed by atoms with Gasteiger partial charge in [0.05, 0.1) is 16.5 Å². The minimum atomic E-state index is -0.663. The van der Waals surface area contributed by atoms with E-state index in [-0.39, 0.29) is 34.7 Å². The van der Waals surface area contributed by atoms with E-state index in [2.05, 4.69) is 42.0 Å². The lowest BCUT2D eigenvalue weighted by atomic mass is 9.95. The number of rotatable bonds is 8. The zero-order valence-electron chi connectivity index (χ0n) is 23.0. The Labute approximate surface area is 231 Å². The Morgan fingerprint density at radius 1 is 1.11 bits per heavy atom. The Balaban J connectivity index is 2.49. The van der Waals surface area contributed by atoms with Gasteiger partial charge in [-0.3, -0.25) is 4.90 Å². The average molecular weight is 598 g/mol. The van der Waals surface area contributed by atoms with Gasteiger partial charge in [0.15, 0.2) is 17.2 Å². The van der Waals surface area contributed by atoms with Crippen LogP contribution in [0.3, 0.4) is 0 Å². The predicted octanol–water partition coefficient (Wildman–Crippen LogP) is 6.66. The zero-order chi connectivity index (χ0) is 28.1. The molecule has 0 saturated carbocycles. The lowest BCUT2D eigenvalue weighted by Crippen LogP contribution is -2.46. The number of urea groups is 1. The van der Waals surface area contributed by atoms with Crippen molar-refractivity contribution in [2.75, 3.05) is 25.2 Å². The second kappa shape index (κ2) is 12.3. The van der Waals surface area contributed by atoms with E-state index in [1.54, 1.807) is 25.7 Å². The van der Waals surface area contributed by atoms with Crippen molar-refractivity contribution < 1.29 is 28.6 Å². The average Bonchev–Trinajstić information content (AvgIpc) is 3.09. The van der Waals surface area contributed by atoms with Gasteiger partial charge in [0, 0.05) is 18.3 Å². The molecule has 1 heterocycles. The van der Waals surface area contributed by atoms with Gasteiger partial charge in [-0.05, 0) is 73.7 Å². The number of amides is 2. The number of methoxy groups -OCH3 is 1. The summed E-state index contributed by atoms with van der Waals surface area (Å²) in [5.74, 6) is -0.941. The third-order valence-corrected chi connectivity index (χ3v) is 6.86.